The number of hydrogen-bond donors (Lipinski definition) is 1. The van der Waals surface area contributed by atoms with Crippen LogP contribution in [0.3, 0.4) is 0 Å². The highest BCUT2D eigenvalue weighted by atomic mass is 28.3. The highest BCUT2D eigenvalue weighted by Crippen LogP contribution is 2.36. The van der Waals surface area contributed by atoms with E-state index in [1.54, 1.807) is 13.3 Å². The minimum atomic E-state index is -1.20. The van der Waals surface area contributed by atoms with Gasteiger partial charge in [0.2, 0.25) is 0 Å². The fraction of sp³-hybridized carbons (Fsp3) is 0.281. The molecule has 5 rings (SSSR count). The molecule has 8 heteroatoms. The minimum absolute atomic E-state index is 0.327. The summed E-state index contributed by atoms with van der Waals surface area (Å²) >= 11 is 0. The SMILES string of the molecule is COc1ccccc1-c1nn(COCC[Si](C)(C)C)c2ncc(-c3cccc(C(O)c4ncccc4C)c3)cc12. The van der Waals surface area contributed by atoms with E-state index >= 15 is 0 Å². The summed E-state index contributed by atoms with van der Waals surface area (Å²) in [6.07, 6.45) is 2.74. The number of ether oxygens (including phenoxy) is 2. The number of benzene rings is 2. The lowest BCUT2D eigenvalue weighted by Gasteiger charge is -2.15. The van der Waals surface area contributed by atoms with Crippen molar-refractivity contribution in [2.45, 2.75) is 45.4 Å². The van der Waals surface area contributed by atoms with Gasteiger partial charge in [-0.15, -0.1) is 0 Å². The quantitative estimate of drug-likeness (QED) is 0.150. The third kappa shape index (κ3) is 5.99. The third-order valence-corrected chi connectivity index (χ3v) is 8.71. The number of rotatable bonds is 10. The van der Waals surface area contributed by atoms with Gasteiger partial charge in [-0.05, 0) is 60.0 Å². The van der Waals surface area contributed by atoms with Crippen LogP contribution in [0.4, 0.5) is 0 Å². The Morgan fingerprint density at radius 1 is 0.950 bits per heavy atom. The van der Waals surface area contributed by atoms with Crippen LogP contribution < -0.4 is 4.74 Å². The van der Waals surface area contributed by atoms with Crippen LogP contribution in [0, 0.1) is 6.92 Å². The van der Waals surface area contributed by atoms with Crippen molar-refractivity contribution < 1.29 is 14.6 Å². The van der Waals surface area contributed by atoms with Crippen molar-refractivity contribution in [3.05, 3.63) is 95.9 Å². The number of pyridine rings is 2. The summed E-state index contributed by atoms with van der Waals surface area (Å²) in [4.78, 5) is 9.26. The molecule has 3 heterocycles. The van der Waals surface area contributed by atoms with Crippen LogP contribution in [0.15, 0.2) is 79.1 Å². The van der Waals surface area contributed by atoms with Gasteiger partial charge in [-0.3, -0.25) is 4.98 Å². The Morgan fingerprint density at radius 3 is 2.55 bits per heavy atom. The molecular weight excluding hydrogens is 516 g/mol. The van der Waals surface area contributed by atoms with E-state index in [9.17, 15) is 5.11 Å². The number of aryl methyl sites for hydroxylation is 1. The number of para-hydroxylation sites is 1. The summed E-state index contributed by atoms with van der Waals surface area (Å²) in [7, 11) is 0.468. The molecule has 0 saturated carbocycles. The molecule has 0 radical (unpaired) electrons. The van der Waals surface area contributed by atoms with Crippen molar-refractivity contribution in [3.8, 4) is 28.1 Å². The lowest BCUT2D eigenvalue weighted by atomic mass is 9.97. The van der Waals surface area contributed by atoms with Crippen LogP contribution in [-0.4, -0.2) is 46.6 Å². The maximum Gasteiger partial charge on any atom is 0.160 e. The number of aliphatic hydroxyl groups is 1. The summed E-state index contributed by atoms with van der Waals surface area (Å²) in [6.45, 7) is 10.0. The molecule has 206 valence electrons. The van der Waals surface area contributed by atoms with Crippen molar-refractivity contribution in [2.75, 3.05) is 13.7 Å². The molecule has 0 aliphatic rings. The standard InChI is InChI=1S/C32H36N4O3Si/c1-22-10-9-15-33-29(22)31(37)24-12-8-11-23(18-24)25-19-27-30(26-13-6-7-14-28(26)38-2)35-36(32(27)34-20-25)21-39-16-17-40(3,4)5/h6-15,18-20,31,37H,16-17,21H2,1-5H3. The van der Waals surface area contributed by atoms with Crippen molar-refractivity contribution in [2.24, 2.45) is 0 Å². The van der Waals surface area contributed by atoms with E-state index in [4.69, 9.17) is 19.6 Å². The molecule has 3 aromatic heterocycles. The Morgan fingerprint density at radius 2 is 1.77 bits per heavy atom. The summed E-state index contributed by atoms with van der Waals surface area (Å²) in [5, 5.41) is 17.0. The van der Waals surface area contributed by atoms with Gasteiger partial charge in [-0.1, -0.05) is 56.0 Å². The number of aromatic nitrogens is 4. The average Bonchev–Trinajstić information content (AvgIpc) is 3.32. The molecule has 0 aliphatic heterocycles. The first-order valence-electron chi connectivity index (χ1n) is 13.5. The van der Waals surface area contributed by atoms with Crippen LogP contribution in [0.2, 0.25) is 25.7 Å². The van der Waals surface area contributed by atoms with Gasteiger partial charge in [0.05, 0.1) is 12.8 Å². The number of fused-ring (bicyclic) bond motifs is 1. The van der Waals surface area contributed by atoms with Crippen LogP contribution in [-0.2, 0) is 11.5 Å². The summed E-state index contributed by atoms with van der Waals surface area (Å²) in [5.74, 6) is 0.745. The fourth-order valence-corrected chi connectivity index (χ4v) is 5.46. The lowest BCUT2D eigenvalue weighted by Crippen LogP contribution is -2.22. The molecule has 1 atom stereocenters. The van der Waals surface area contributed by atoms with Gasteiger partial charge in [0, 0.05) is 43.6 Å². The third-order valence-electron chi connectivity index (χ3n) is 7.00. The first kappa shape index (κ1) is 27.7. The lowest BCUT2D eigenvalue weighted by molar-refractivity contribution is 0.0814. The number of hydrogen-bond acceptors (Lipinski definition) is 6. The smallest absolute Gasteiger partial charge is 0.160 e. The van der Waals surface area contributed by atoms with Crippen molar-refractivity contribution in [1.82, 2.24) is 19.7 Å². The average molecular weight is 553 g/mol. The summed E-state index contributed by atoms with van der Waals surface area (Å²) < 4.78 is 13.5. The predicted octanol–water partition coefficient (Wildman–Crippen LogP) is 6.87. The zero-order valence-corrected chi connectivity index (χ0v) is 24.8. The van der Waals surface area contributed by atoms with Crippen molar-refractivity contribution in [3.63, 3.8) is 0 Å². The molecule has 0 fully saturated rings. The predicted molar refractivity (Wildman–Crippen MR) is 162 cm³/mol. The molecular formula is C32H36N4O3Si. The highest BCUT2D eigenvalue weighted by molar-refractivity contribution is 6.76. The first-order chi connectivity index (χ1) is 19.2. The number of nitrogens with zero attached hydrogens (tertiary/aromatic N) is 4. The van der Waals surface area contributed by atoms with E-state index in [1.165, 1.54) is 0 Å². The normalized spacial score (nSPS) is 12.6. The van der Waals surface area contributed by atoms with Crippen LogP contribution >= 0.6 is 0 Å². The number of aliphatic hydroxyl groups excluding tert-OH is 1. The molecule has 1 unspecified atom stereocenters. The van der Waals surface area contributed by atoms with Crippen molar-refractivity contribution >= 4 is 19.1 Å². The van der Waals surface area contributed by atoms with Crippen LogP contribution in [0.25, 0.3) is 33.4 Å². The molecule has 1 N–H and O–H groups in total. The molecule has 0 saturated heterocycles. The zero-order chi connectivity index (χ0) is 28.3. The molecule has 0 aliphatic carbocycles. The van der Waals surface area contributed by atoms with E-state index in [-0.39, 0.29) is 0 Å². The van der Waals surface area contributed by atoms with E-state index in [2.05, 4.69) is 30.7 Å². The number of methoxy groups -OCH3 is 1. The molecule has 5 aromatic rings. The van der Waals surface area contributed by atoms with Gasteiger partial charge in [0.25, 0.3) is 0 Å². The van der Waals surface area contributed by atoms with Gasteiger partial charge in [-0.25, -0.2) is 9.67 Å². The maximum atomic E-state index is 11.1. The second-order valence-electron chi connectivity index (χ2n) is 11.2. The monoisotopic (exact) mass is 552 g/mol. The van der Waals surface area contributed by atoms with Gasteiger partial charge < -0.3 is 14.6 Å². The fourth-order valence-electron chi connectivity index (χ4n) is 4.71. The Labute approximate surface area is 236 Å². The van der Waals surface area contributed by atoms with E-state index in [0.717, 1.165) is 56.3 Å². The topological polar surface area (TPSA) is 82.3 Å². The summed E-state index contributed by atoms with van der Waals surface area (Å²) in [5.41, 5.74) is 6.68. The van der Waals surface area contributed by atoms with Gasteiger partial charge in [-0.2, -0.15) is 5.10 Å². The van der Waals surface area contributed by atoms with Gasteiger partial charge in [0.15, 0.2) is 5.65 Å². The molecule has 40 heavy (non-hydrogen) atoms. The van der Waals surface area contributed by atoms with Gasteiger partial charge >= 0.3 is 0 Å². The maximum absolute atomic E-state index is 11.1. The Hall–Kier alpha value is -3.85. The van der Waals surface area contributed by atoms with E-state index in [1.807, 2.05) is 78.5 Å². The van der Waals surface area contributed by atoms with Gasteiger partial charge in [0.1, 0.15) is 24.3 Å². The first-order valence-corrected chi connectivity index (χ1v) is 17.2. The Balaban J connectivity index is 1.55. The van der Waals surface area contributed by atoms with Crippen molar-refractivity contribution in [1.29, 1.82) is 0 Å². The minimum Gasteiger partial charge on any atom is -0.496 e. The van der Waals surface area contributed by atoms with E-state index < -0.39 is 14.2 Å². The molecule has 7 nitrogen and oxygen atoms in total. The zero-order valence-electron chi connectivity index (χ0n) is 23.8. The molecule has 2 aromatic carbocycles. The second-order valence-corrected chi connectivity index (χ2v) is 16.8. The van der Waals surface area contributed by atoms with Crippen LogP contribution in [0.1, 0.15) is 22.9 Å². The molecule has 0 bridgehead atoms. The Bertz CT molecular complexity index is 1630. The van der Waals surface area contributed by atoms with Crippen LogP contribution in [0.5, 0.6) is 5.75 Å². The molecule has 0 amide bonds. The van der Waals surface area contributed by atoms with E-state index in [0.29, 0.717) is 19.0 Å². The summed E-state index contributed by atoms with van der Waals surface area (Å²) in [6, 6.07) is 22.8. The Kier molecular flexibility index (Phi) is 8.11. The largest absolute Gasteiger partial charge is 0.496 e. The highest BCUT2D eigenvalue weighted by Gasteiger charge is 2.20. The second kappa shape index (κ2) is 11.7. The molecule has 0 spiro atoms.